The van der Waals surface area contributed by atoms with Crippen molar-refractivity contribution in [2.75, 3.05) is 20.3 Å². The van der Waals surface area contributed by atoms with E-state index in [0.29, 0.717) is 18.4 Å². The summed E-state index contributed by atoms with van der Waals surface area (Å²) in [6, 6.07) is 0. The van der Waals surface area contributed by atoms with E-state index in [9.17, 15) is 0 Å². The predicted molar refractivity (Wildman–Crippen MR) is 48.6 cm³/mol. The third-order valence-corrected chi connectivity index (χ3v) is 3.21. The van der Waals surface area contributed by atoms with Crippen LogP contribution in [0, 0.1) is 11.8 Å². The van der Waals surface area contributed by atoms with Gasteiger partial charge in [-0.25, -0.2) is 0 Å². The van der Waals surface area contributed by atoms with Crippen molar-refractivity contribution in [3.05, 3.63) is 0 Å². The van der Waals surface area contributed by atoms with E-state index in [0.717, 1.165) is 6.61 Å². The van der Waals surface area contributed by atoms with Gasteiger partial charge in [-0.3, -0.25) is 0 Å². The fourth-order valence-corrected chi connectivity index (χ4v) is 2.27. The van der Waals surface area contributed by atoms with Crippen LogP contribution in [0.25, 0.3) is 0 Å². The molecule has 0 unspecified atom stereocenters. The lowest BCUT2D eigenvalue weighted by atomic mass is 9.90. The smallest absolute Gasteiger partial charge is 0.112 e. The second-order valence-corrected chi connectivity index (χ2v) is 4.28. The van der Waals surface area contributed by atoms with E-state index in [1.807, 2.05) is 0 Å². The monoisotopic (exact) mass is 186 g/mol. The highest BCUT2D eigenvalue weighted by molar-refractivity contribution is 4.95. The fraction of sp³-hybridized carbons (Fsp3) is 1.00. The van der Waals surface area contributed by atoms with E-state index in [1.54, 1.807) is 7.11 Å². The molecule has 2 aliphatic heterocycles. The van der Waals surface area contributed by atoms with Gasteiger partial charge in [-0.05, 0) is 5.92 Å². The van der Waals surface area contributed by atoms with Crippen LogP contribution >= 0.6 is 0 Å². The third-order valence-electron chi connectivity index (χ3n) is 3.21. The Balaban J connectivity index is 2.03. The van der Waals surface area contributed by atoms with Crippen LogP contribution in [0.2, 0.25) is 0 Å². The summed E-state index contributed by atoms with van der Waals surface area (Å²) in [5.74, 6) is 1.18. The molecule has 0 aromatic heterocycles. The Labute approximate surface area is 79.4 Å². The molecule has 0 bridgehead atoms. The minimum atomic E-state index is 0.147. The van der Waals surface area contributed by atoms with Crippen molar-refractivity contribution in [2.24, 2.45) is 11.8 Å². The molecule has 2 heterocycles. The molecule has 2 aliphatic rings. The van der Waals surface area contributed by atoms with Gasteiger partial charge in [0.25, 0.3) is 0 Å². The molecular weight excluding hydrogens is 168 g/mol. The number of hydrogen-bond acceptors (Lipinski definition) is 3. The largest absolute Gasteiger partial charge is 0.376 e. The van der Waals surface area contributed by atoms with Gasteiger partial charge in [0, 0.05) is 13.0 Å². The van der Waals surface area contributed by atoms with Gasteiger partial charge in [-0.1, -0.05) is 13.8 Å². The molecule has 13 heavy (non-hydrogen) atoms. The second-order valence-electron chi connectivity index (χ2n) is 4.28. The van der Waals surface area contributed by atoms with Crippen LogP contribution in [0.3, 0.4) is 0 Å². The summed E-state index contributed by atoms with van der Waals surface area (Å²) in [6.45, 7) is 5.96. The Hall–Kier alpha value is -0.120. The maximum Gasteiger partial charge on any atom is 0.112 e. The molecule has 2 rings (SSSR count). The van der Waals surface area contributed by atoms with E-state index in [-0.39, 0.29) is 18.3 Å². The van der Waals surface area contributed by atoms with Gasteiger partial charge < -0.3 is 14.2 Å². The molecule has 0 saturated carbocycles. The standard InChI is InChI=1S/C10H18O3/c1-6(2)7-4-12-10-8(11-3)5-13-9(7)10/h6-10H,4-5H2,1-3H3/t7-,8+,9-,10+/m0/s1. The number of methoxy groups -OCH3 is 1. The van der Waals surface area contributed by atoms with Gasteiger partial charge in [0.05, 0.1) is 19.3 Å². The maximum absolute atomic E-state index is 5.70. The number of fused-ring (bicyclic) bond motifs is 1. The van der Waals surface area contributed by atoms with E-state index < -0.39 is 0 Å². The van der Waals surface area contributed by atoms with Gasteiger partial charge in [0.15, 0.2) is 0 Å². The lowest BCUT2D eigenvalue weighted by Gasteiger charge is -2.18. The van der Waals surface area contributed by atoms with Crippen LogP contribution in [0.4, 0.5) is 0 Å². The first-order valence-electron chi connectivity index (χ1n) is 5.00. The highest BCUT2D eigenvalue weighted by atomic mass is 16.6. The highest BCUT2D eigenvalue weighted by Gasteiger charge is 2.48. The fourth-order valence-electron chi connectivity index (χ4n) is 2.27. The molecule has 0 N–H and O–H groups in total. The summed E-state index contributed by atoms with van der Waals surface area (Å²) in [5.41, 5.74) is 0. The zero-order chi connectivity index (χ0) is 9.42. The first-order valence-corrected chi connectivity index (χ1v) is 5.00. The van der Waals surface area contributed by atoms with Crippen LogP contribution in [0.1, 0.15) is 13.8 Å². The Morgan fingerprint density at radius 2 is 1.85 bits per heavy atom. The first kappa shape index (κ1) is 9.44. The Morgan fingerprint density at radius 1 is 1.15 bits per heavy atom. The summed E-state index contributed by atoms with van der Waals surface area (Å²) in [4.78, 5) is 0. The molecule has 2 saturated heterocycles. The SMILES string of the molecule is CO[C@@H]1CO[C@@H]2[C@@H]1OC[C@H]2C(C)C. The highest BCUT2D eigenvalue weighted by Crippen LogP contribution is 2.35. The molecule has 0 aromatic rings. The summed E-state index contributed by atoms with van der Waals surface area (Å²) in [7, 11) is 1.72. The van der Waals surface area contributed by atoms with Crippen molar-refractivity contribution in [3.8, 4) is 0 Å². The maximum atomic E-state index is 5.70. The molecule has 0 radical (unpaired) electrons. The molecule has 76 valence electrons. The van der Waals surface area contributed by atoms with Crippen LogP contribution in [-0.4, -0.2) is 38.6 Å². The summed E-state index contributed by atoms with van der Waals surface area (Å²) in [5, 5.41) is 0. The average molecular weight is 186 g/mol. The van der Waals surface area contributed by atoms with Gasteiger partial charge in [-0.2, -0.15) is 0 Å². The molecule has 3 heteroatoms. The van der Waals surface area contributed by atoms with E-state index in [2.05, 4.69) is 13.8 Å². The van der Waals surface area contributed by atoms with E-state index in [4.69, 9.17) is 14.2 Å². The number of hydrogen-bond donors (Lipinski definition) is 0. The predicted octanol–water partition coefficient (Wildman–Crippen LogP) is 1.07. The molecule has 4 atom stereocenters. The van der Waals surface area contributed by atoms with Gasteiger partial charge >= 0.3 is 0 Å². The van der Waals surface area contributed by atoms with E-state index in [1.165, 1.54) is 0 Å². The molecule has 2 fully saturated rings. The molecular formula is C10H18O3. The molecule has 0 aliphatic carbocycles. The minimum Gasteiger partial charge on any atom is -0.376 e. The Bertz CT molecular complexity index is 181. The van der Waals surface area contributed by atoms with E-state index >= 15 is 0 Å². The Kier molecular flexibility index (Phi) is 2.58. The minimum absolute atomic E-state index is 0.147. The van der Waals surface area contributed by atoms with Crippen LogP contribution in [0.5, 0.6) is 0 Å². The lowest BCUT2D eigenvalue weighted by molar-refractivity contribution is -0.0104. The molecule has 3 nitrogen and oxygen atoms in total. The zero-order valence-corrected chi connectivity index (χ0v) is 8.53. The number of rotatable bonds is 2. The van der Waals surface area contributed by atoms with Crippen molar-refractivity contribution in [1.29, 1.82) is 0 Å². The summed E-state index contributed by atoms with van der Waals surface area (Å²) >= 11 is 0. The molecule has 0 spiro atoms. The average Bonchev–Trinajstić information content (AvgIpc) is 2.61. The summed E-state index contributed by atoms with van der Waals surface area (Å²) < 4.78 is 16.7. The zero-order valence-electron chi connectivity index (χ0n) is 8.53. The lowest BCUT2D eigenvalue weighted by Crippen LogP contribution is -2.31. The van der Waals surface area contributed by atoms with Crippen molar-refractivity contribution in [3.63, 3.8) is 0 Å². The van der Waals surface area contributed by atoms with Crippen molar-refractivity contribution >= 4 is 0 Å². The number of ether oxygens (including phenoxy) is 3. The van der Waals surface area contributed by atoms with Gasteiger partial charge in [0.1, 0.15) is 12.2 Å². The van der Waals surface area contributed by atoms with Gasteiger partial charge in [0.2, 0.25) is 0 Å². The van der Waals surface area contributed by atoms with Crippen LogP contribution in [0.15, 0.2) is 0 Å². The molecule has 0 amide bonds. The van der Waals surface area contributed by atoms with Crippen molar-refractivity contribution < 1.29 is 14.2 Å². The quantitative estimate of drug-likeness (QED) is 0.645. The molecule has 0 aromatic carbocycles. The van der Waals surface area contributed by atoms with Crippen molar-refractivity contribution in [2.45, 2.75) is 32.2 Å². The van der Waals surface area contributed by atoms with Crippen LogP contribution in [-0.2, 0) is 14.2 Å². The topological polar surface area (TPSA) is 27.7 Å². The third kappa shape index (κ3) is 1.49. The second kappa shape index (κ2) is 3.56. The van der Waals surface area contributed by atoms with Gasteiger partial charge in [-0.15, -0.1) is 0 Å². The summed E-state index contributed by atoms with van der Waals surface area (Å²) in [6.07, 6.45) is 0.594. The normalized spacial score (nSPS) is 44.3. The van der Waals surface area contributed by atoms with Crippen LogP contribution < -0.4 is 0 Å². The Morgan fingerprint density at radius 3 is 2.46 bits per heavy atom. The first-order chi connectivity index (χ1) is 6.24. The van der Waals surface area contributed by atoms with Crippen molar-refractivity contribution in [1.82, 2.24) is 0 Å².